The van der Waals surface area contributed by atoms with Gasteiger partial charge in [0.15, 0.2) is 0 Å². The van der Waals surface area contributed by atoms with Crippen LogP contribution in [0.4, 0.5) is 11.4 Å². The summed E-state index contributed by atoms with van der Waals surface area (Å²) in [6, 6.07) is 16.4. The van der Waals surface area contributed by atoms with Crippen molar-refractivity contribution < 1.29 is 27.7 Å². The third-order valence-electron chi connectivity index (χ3n) is 7.15. The Morgan fingerprint density at radius 3 is 2.18 bits per heavy atom. The molecule has 0 saturated carbocycles. The highest BCUT2D eigenvalue weighted by Gasteiger charge is 2.34. The monoisotopic (exact) mass is 624 g/mol. The normalized spacial score (nSPS) is 12.0. The van der Waals surface area contributed by atoms with Crippen LogP contribution in [-0.4, -0.2) is 56.3 Å². The van der Waals surface area contributed by atoms with E-state index in [-0.39, 0.29) is 34.6 Å². The molecule has 3 aromatic carbocycles. The Labute approximate surface area is 259 Å². The fraction of sp³-hybridized carbons (Fsp3) is 0.375. The van der Waals surface area contributed by atoms with E-state index in [9.17, 15) is 28.1 Å². The van der Waals surface area contributed by atoms with Gasteiger partial charge in [0.05, 0.1) is 22.6 Å². The predicted molar refractivity (Wildman–Crippen MR) is 169 cm³/mol. The molecule has 2 amide bonds. The van der Waals surface area contributed by atoms with Crippen LogP contribution in [0.2, 0.25) is 0 Å². The lowest BCUT2D eigenvalue weighted by Crippen LogP contribution is -2.52. The van der Waals surface area contributed by atoms with Crippen molar-refractivity contribution in [1.29, 1.82) is 0 Å². The zero-order valence-electron chi connectivity index (χ0n) is 25.9. The van der Waals surface area contributed by atoms with Crippen LogP contribution in [0.1, 0.15) is 43.9 Å². The number of ether oxygens (including phenoxy) is 1. The number of aryl methyl sites for hydroxylation is 2. The average molecular weight is 625 g/mol. The van der Waals surface area contributed by atoms with E-state index >= 15 is 0 Å². The number of rotatable bonds is 14. The minimum Gasteiger partial charge on any atom is -0.497 e. The van der Waals surface area contributed by atoms with Gasteiger partial charge in [-0.15, -0.1) is 0 Å². The number of carbonyl (C=O) groups excluding carboxylic acids is 2. The zero-order chi connectivity index (χ0) is 32.6. The lowest BCUT2D eigenvalue weighted by molar-refractivity contribution is -0.385. The van der Waals surface area contributed by atoms with Gasteiger partial charge in [0, 0.05) is 24.7 Å². The van der Waals surface area contributed by atoms with Gasteiger partial charge in [-0.05, 0) is 62.1 Å². The summed E-state index contributed by atoms with van der Waals surface area (Å²) in [6.07, 6.45) is 0.293. The summed E-state index contributed by atoms with van der Waals surface area (Å²) >= 11 is 0. The second-order valence-corrected chi connectivity index (χ2v) is 12.8. The van der Waals surface area contributed by atoms with Crippen molar-refractivity contribution in [3.05, 3.63) is 93.5 Å². The largest absolute Gasteiger partial charge is 0.497 e. The van der Waals surface area contributed by atoms with E-state index in [2.05, 4.69) is 5.32 Å². The Morgan fingerprint density at radius 2 is 1.64 bits per heavy atom. The smallest absolute Gasteiger partial charge is 0.273 e. The topological polar surface area (TPSA) is 139 Å². The van der Waals surface area contributed by atoms with Gasteiger partial charge in [0.25, 0.3) is 15.7 Å². The summed E-state index contributed by atoms with van der Waals surface area (Å²) in [7, 11) is -3.02. The molecule has 0 aliphatic carbocycles. The maximum Gasteiger partial charge on any atom is 0.273 e. The first-order valence-corrected chi connectivity index (χ1v) is 15.8. The SMILES string of the molecule is CCC(C(=O)NCC(C)C)N(Cc1ccc(C)cc1)C(=O)CN(c1ccc(OC)cc1)S(=O)(=O)c1ccc(C)c([N+](=O)[O-])c1. The van der Waals surface area contributed by atoms with E-state index in [1.807, 2.05) is 45.0 Å². The number of methoxy groups -OCH3 is 1. The summed E-state index contributed by atoms with van der Waals surface area (Å²) < 4.78 is 34.3. The molecule has 1 unspecified atom stereocenters. The molecule has 3 aromatic rings. The molecule has 0 radical (unpaired) electrons. The molecule has 11 nitrogen and oxygen atoms in total. The molecule has 0 aliphatic heterocycles. The summed E-state index contributed by atoms with van der Waals surface area (Å²) in [4.78, 5) is 39.5. The number of nitrogens with one attached hydrogen (secondary N) is 1. The second kappa shape index (κ2) is 14.8. The lowest BCUT2D eigenvalue weighted by atomic mass is 10.1. The summed E-state index contributed by atoms with van der Waals surface area (Å²) in [5.74, 6) is -0.294. The number of nitro groups is 1. The number of benzene rings is 3. The van der Waals surface area contributed by atoms with Gasteiger partial charge in [-0.25, -0.2) is 8.42 Å². The molecule has 0 saturated heterocycles. The molecular weight excluding hydrogens is 584 g/mol. The van der Waals surface area contributed by atoms with Crippen LogP contribution >= 0.6 is 0 Å². The molecule has 44 heavy (non-hydrogen) atoms. The van der Waals surface area contributed by atoms with Crippen LogP contribution < -0.4 is 14.4 Å². The molecule has 1 N–H and O–H groups in total. The van der Waals surface area contributed by atoms with Gasteiger partial charge in [-0.3, -0.25) is 24.0 Å². The third-order valence-corrected chi connectivity index (χ3v) is 8.92. The molecule has 1 atom stereocenters. The minimum absolute atomic E-state index is 0.0687. The quantitative estimate of drug-likeness (QED) is 0.197. The molecule has 0 spiro atoms. The number of anilines is 1. The highest BCUT2D eigenvalue weighted by atomic mass is 32.2. The van der Waals surface area contributed by atoms with E-state index in [1.54, 1.807) is 19.1 Å². The summed E-state index contributed by atoms with van der Waals surface area (Å²) in [5, 5.41) is 14.5. The zero-order valence-corrected chi connectivity index (χ0v) is 26.8. The second-order valence-electron chi connectivity index (χ2n) is 11.0. The van der Waals surface area contributed by atoms with Gasteiger partial charge in [0.2, 0.25) is 11.8 Å². The van der Waals surface area contributed by atoms with E-state index < -0.39 is 33.4 Å². The van der Waals surface area contributed by atoms with Crippen molar-refractivity contribution in [2.45, 2.75) is 58.5 Å². The fourth-order valence-corrected chi connectivity index (χ4v) is 6.02. The maximum atomic E-state index is 14.2. The number of sulfonamides is 1. The van der Waals surface area contributed by atoms with Gasteiger partial charge in [-0.1, -0.05) is 56.7 Å². The van der Waals surface area contributed by atoms with Gasteiger partial charge in [0.1, 0.15) is 18.3 Å². The van der Waals surface area contributed by atoms with Crippen molar-refractivity contribution in [3.8, 4) is 5.75 Å². The number of nitrogens with zero attached hydrogens (tertiary/aromatic N) is 3. The highest BCUT2D eigenvalue weighted by molar-refractivity contribution is 7.92. The van der Waals surface area contributed by atoms with E-state index in [4.69, 9.17) is 4.74 Å². The van der Waals surface area contributed by atoms with Crippen molar-refractivity contribution in [2.75, 3.05) is 24.5 Å². The number of nitro benzene ring substituents is 1. The number of carbonyl (C=O) groups is 2. The van der Waals surface area contributed by atoms with E-state index in [0.717, 1.165) is 21.5 Å². The molecule has 0 bridgehead atoms. The fourth-order valence-electron chi connectivity index (χ4n) is 4.58. The molecule has 0 aromatic heterocycles. The Morgan fingerprint density at radius 1 is 1.00 bits per heavy atom. The summed E-state index contributed by atoms with van der Waals surface area (Å²) in [5.41, 5.74) is 1.88. The molecular formula is C32H40N4O7S. The molecule has 0 fully saturated rings. The Balaban J connectivity index is 2.10. The first kappa shape index (κ1) is 34.0. The Kier molecular flexibility index (Phi) is 11.5. The van der Waals surface area contributed by atoms with Crippen LogP contribution in [0.3, 0.4) is 0 Å². The highest BCUT2D eigenvalue weighted by Crippen LogP contribution is 2.29. The molecule has 12 heteroatoms. The van der Waals surface area contributed by atoms with Crippen molar-refractivity contribution in [1.82, 2.24) is 10.2 Å². The summed E-state index contributed by atoms with van der Waals surface area (Å²) in [6.45, 7) is 8.99. The number of hydrogen-bond donors (Lipinski definition) is 1. The third kappa shape index (κ3) is 8.34. The van der Waals surface area contributed by atoms with Gasteiger partial charge in [-0.2, -0.15) is 0 Å². The standard InChI is InChI=1S/C32H40N4O7S/c1-7-29(32(38)33-19-22(2)3)34(20-25-11-8-23(4)9-12-25)31(37)21-35(26-13-15-27(43-6)16-14-26)44(41,42)28-17-10-24(5)30(18-28)36(39)40/h8-18,22,29H,7,19-21H2,1-6H3,(H,33,38). The molecule has 236 valence electrons. The number of amides is 2. The van der Waals surface area contributed by atoms with Crippen molar-refractivity contribution in [3.63, 3.8) is 0 Å². The lowest BCUT2D eigenvalue weighted by Gasteiger charge is -2.33. The first-order chi connectivity index (χ1) is 20.8. The van der Waals surface area contributed by atoms with Crippen molar-refractivity contribution in [2.24, 2.45) is 5.92 Å². The molecule has 3 rings (SSSR count). The van der Waals surface area contributed by atoms with Crippen LogP contribution in [0.15, 0.2) is 71.6 Å². The first-order valence-electron chi connectivity index (χ1n) is 14.3. The Bertz CT molecular complexity index is 1570. The van der Waals surface area contributed by atoms with Crippen LogP contribution in [-0.2, 0) is 26.2 Å². The van der Waals surface area contributed by atoms with E-state index in [1.165, 1.54) is 43.2 Å². The predicted octanol–water partition coefficient (Wildman–Crippen LogP) is 5.00. The van der Waals surface area contributed by atoms with E-state index in [0.29, 0.717) is 24.3 Å². The number of hydrogen-bond acceptors (Lipinski definition) is 7. The minimum atomic E-state index is -4.49. The van der Waals surface area contributed by atoms with Gasteiger partial charge < -0.3 is 15.0 Å². The Hall–Kier alpha value is -4.45. The van der Waals surface area contributed by atoms with Gasteiger partial charge >= 0.3 is 0 Å². The van der Waals surface area contributed by atoms with Crippen molar-refractivity contribution >= 4 is 33.2 Å². The van der Waals surface area contributed by atoms with Crippen LogP contribution in [0.25, 0.3) is 0 Å². The average Bonchev–Trinajstić information content (AvgIpc) is 2.99. The molecule has 0 heterocycles. The maximum absolute atomic E-state index is 14.2. The van der Waals surface area contributed by atoms with Crippen LogP contribution in [0.5, 0.6) is 5.75 Å². The molecule has 0 aliphatic rings. The van der Waals surface area contributed by atoms with Crippen LogP contribution in [0, 0.1) is 29.9 Å².